The van der Waals surface area contributed by atoms with Crippen molar-refractivity contribution in [3.63, 3.8) is 0 Å². The van der Waals surface area contributed by atoms with Gasteiger partial charge in [0.1, 0.15) is 5.82 Å². The first-order valence-corrected chi connectivity index (χ1v) is 8.86. The van der Waals surface area contributed by atoms with E-state index in [4.69, 9.17) is 0 Å². The molecule has 6 heteroatoms. The number of aromatic nitrogens is 2. The van der Waals surface area contributed by atoms with Gasteiger partial charge in [0.25, 0.3) is 0 Å². The van der Waals surface area contributed by atoms with Crippen molar-refractivity contribution in [1.82, 2.24) is 14.9 Å². The summed E-state index contributed by atoms with van der Waals surface area (Å²) < 4.78 is 0. The second-order valence-electron chi connectivity index (χ2n) is 6.30. The van der Waals surface area contributed by atoms with Crippen molar-refractivity contribution in [3.05, 3.63) is 42.1 Å². The van der Waals surface area contributed by atoms with E-state index in [0.717, 1.165) is 55.7 Å². The molecule has 6 nitrogen and oxygen atoms in total. The van der Waals surface area contributed by atoms with Crippen molar-refractivity contribution in [3.8, 4) is 0 Å². The second kappa shape index (κ2) is 7.96. The minimum Gasteiger partial charge on any atom is -0.340 e. The number of amides is 1. The normalized spacial score (nSPS) is 14.5. The summed E-state index contributed by atoms with van der Waals surface area (Å²) in [4.78, 5) is 25.3. The molecule has 1 aliphatic rings. The fraction of sp³-hybridized carbons (Fsp3) is 0.421. The van der Waals surface area contributed by atoms with Gasteiger partial charge in [0, 0.05) is 50.0 Å². The van der Waals surface area contributed by atoms with Crippen LogP contribution in [0.2, 0.25) is 0 Å². The number of nitrogens with one attached hydrogen (secondary N) is 1. The zero-order valence-electron chi connectivity index (χ0n) is 14.9. The molecule has 25 heavy (non-hydrogen) atoms. The highest BCUT2D eigenvalue weighted by atomic mass is 16.2. The van der Waals surface area contributed by atoms with Gasteiger partial charge in [-0.05, 0) is 25.5 Å². The van der Waals surface area contributed by atoms with Gasteiger partial charge in [-0.2, -0.15) is 4.98 Å². The predicted molar refractivity (Wildman–Crippen MR) is 100 cm³/mol. The van der Waals surface area contributed by atoms with Crippen LogP contribution in [0.1, 0.15) is 25.5 Å². The lowest BCUT2D eigenvalue weighted by Gasteiger charge is -2.35. The zero-order chi connectivity index (χ0) is 17.6. The predicted octanol–water partition coefficient (Wildman–Crippen LogP) is 2.98. The quantitative estimate of drug-likeness (QED) is 0.907. The molecule has 0 atom stereocenters. The first-order chi connectivity index (χ1) is 12.2. The third-order valence-corrected chi connectivity index (χ3v) is 4.27. The highest BCUT2D eigenvalue weighted by Crippen LogP contribution is 2.19. The average Bonchev–Trinajstić information content (AvgIpc) is 2.62. The van der Waals surface area contributed by atoms with Crippen molar-refractivity contribution in [2.45, 2.75) is 26.7 Å². The molecule has 132 valence electrons. The summed E-state index contributed by atoms with van der Waals surface area (Å²) in [6, 6.07) is 11.9. The molecule has 1 amide bonds. The Morgan fingerprint density at radius 2 is 1.84 bits per heavy atom. The number of benzene rings is 1. The Balaban J connectivity index is 1.68. The Morgan fingerprint density at radius 3 is 2.52 bits per heavy atom. The summed E-state index contributed by atoms with van der Waals surface area (Å²) in [6.07, 6.45) is 1.53. The Kier molecular flexibility index (Phi) is 5.48. The zero-order valence-corrected chi connectivity index (χ0v) is 14.9. The average molecular weight is 339 g/mol. The Hall–Kier alpha value is -2.63. The fourth-order valence-corrected chi connectivity index (χ4v) is 2.96. The topological polar surface area (TPSA) is 61.4 Å². The lowest BCUT2D eigenvalue weighted by Crippen LogP contribution is -2.49. The summed E-state index contributed by atoms with van der Waals surface area (Å²) in [5, 5.41) is 3.33. The van der Waals surface area contributed by atoms with Crippen molar-refractivity contribution in [1.29, 1.82) is 0 Å². The molecule has 0 unspecified atom stereocenters. The van der Waals surface area contributed by atoms with E-state index in [1.165, 1.54) is 0 Å². The monoisotopic (exact) mass is 339 g/mol. The van der Waals surface area contributed by atoms with Crippen LogP contribution in [0, 0.1) is 6.92 Å². The van der Waals surface area contributed by atoms with Gasteiger partial charge in [-0.3, -0.25) is 4.79 Å². The molecule has 0 radical (unpaired) electrons. The minimum absolute atomic E-state index is 0.249. The van der Waals surface area contributed by atoms with Crippen LogP contribution in [0.4, 0.5) is 17.5 Å². The van der Waals surface area contributed by atoms with E-state index in [1.54, 1.807) is 0 Å². The van der Waals surface area contributed by atoms with Gasteiger partial charge in [-0.25, -0.2) is 4.98 Å². The molecule has 1 aliphatic heterocycles. The van der Waals surface area contributed by atoms with Crippen LogP contribution < -0.4 is 10.2 Å². The Morgan fingerprint density at radius 1 is 1.12 bits per heavy atom. The van der Waals surface area contributed by atoms with Crippen LogP contribution in [-0.2, 0) is 4.79 Å². The number of aryl methyl sites for hydroxylation is 1. The fourth-order valence-electron chi connectivity index (χ4n) is 2.96. The number of anilines is 3. The molecule has 1 N–H and O–H groups in total. The van der Waals surface area contributed by atoms with Crippen molar-refractivity contribution in [2.75, 3.05) is 36.4 Å². The summed E-state index contributed by atoms with van der Waals surface area (Å²) in [7, 11) is 0. The molecule has 1 aromatic heterocycles. The highest BCUT2D eigenvalue weighted by molar-refractivity contribution is 5.76. The maximum Gasteiger partial charge on any atom is 0.227 e. The Labute approximate surface area is 148 Å². The van der Waals surface area contributed by atoms with Crippen LogP contribution in [0.3, 0.4) is 0 Å². The number of carbonyl (C=O) groups is 1. The van der Waals surface area contributed by atoms with Gasteiger partial charge >= 0.3 is 0 Å². The van der Waals surface area contributed by atoms with Crippen molar-refractivity contribution in [2.24, 2.45) is 0 Å². The number of hydrogen-bond acceptors (Lipinski definition) is 5. The highest BCUT2D eigenvalue weighted by Gasteiger charge is 2.22. The van der Waals surface area contributed by atoms with E-state index in [0.29, 0.717) is 6.42 Å². The van der Waals surface area contributed by atoms with E-state index < -0.39 is 0 Å². The molecule has 1 fully saturated rings. The Bertz CT molecular complexity index is 711. The van der Waals surface area contributed by atoms with Gasteiger partial charge in [0.15, 0.2) is 0 Å². The summed E-state index contributed by atoms with van der Waals surface area (Å²) in [6.45, 7) is 7.01. The van der Waals surface area contributed by atoms with E-state index in [-0.39, 0.29) is 5.91 Å². The molecule has 0 aliphatic carbocycles. The molecular weight excluding hydrogens is 314 g/mol. The molecule has 0 saturated carbocycles. The van der Waals surface area contributed by atoms with Gasteiger partial charge in [-0.1, -0.05) is 25.1 Å². The van der Waals surface area contributed by atoms with E-state index >= 15 is 0 Å². The van der Waals surface area contributed by atoms with E-state index in [2.05, 4.69) is 20.2 Å². The molecule has 3 rings (SSSR count). The van der Waals surface area contributed by atoms with Gasteiger partial charge in [0.05, 0.1) is 0 Å². The van der Waals surface area contributed by atoms with Crippen molar-refractivity contribution >= 4 is 23.4 Å². The number of rotatable bonds is 5. The second-order valence-corrected chi connectivity index (χ2v) is 6.30. The third kappa shape index (κ3) is 4.47. The van der Waals surface area contributed by atoms with Gasteiger partial charge in [0.2, 0.25) is 11.9 Å². The molecule has 1 aromatic carbocycles. The number of nitrogens with zero attached hydrogens (tertiary/aromatic N) is 4. The van der Waals surface area contributed by atoms with Crippen LogP contribution >= 0.6 is 0 Å². The first kappa shape index (κ1) is 17.2. The number of carbonyl (C=O) groups excluding carboxylic acids is 1. The van der Waals surface area contributed by atoms with E-state index in [9.17, 15) is 4.79 Å². The number of para-hydroxylation sites is 1. The summed E-state index contributed by atoms with van der Waals surface area (Å²) in [5.74, 6) is 1.76. The van der Waals surface area contributed by atoms with Crippen LogP contribution in [-0.4, -0.2) is 47.0 Å². The summed E-state index contributed by atoms with van der Waals surface area (Å²) >= 11 is 0. The third-order valence-electron chi connectivity index (χ3n) is 4.27. The lowest BCUT2D eigenvalue weighted by atomic mass is 10.2. The smallest absolute Gasteiger partial charge is 0.227 e. The van der Waals surface area contributed by atoms with Crippen LogP contribution in [0.25, 0.3) is 0 Å². The van der Waals surface area contributed by atoms with Crippen molar-refractivity contribution < 1.29 is 4.79 Å². The summed E-state index contributed by atoms with van der Waals surface area (Å²) in [5.41, 5.74) is 1.93. The van der Waals surface area contributed by atoms with Gasteiger partial charge in [-0.15, -0.1) is 0 Å². The largest absolute Gasteiger partial charge is 0.340 e. The molecule has 0 spiro atoms. The standard InChI is InChI=1S/C19H25N5O/c1-3-7-18(25)23-10-12-24(13-11-23)19-20-15(2)14-17(22-19)21-16-8-5-4-6-9-16/h4-6,8-9,14H,3,7,10-13H2,1-2H3,(H,20,21,22). The number of hydrogen-bond donors (Lipinski definition) is 1. The molecular formula is C19H25N5O. The number of piperazine rings is 1. The SMILES string of the molecule is CCCC(=O)N1CCN(c2nc(C)cc(Nc3ccccc3)n2)CC1. The molecule has 2 heterocycles. The molecule has 1 saturated heterocycles. The minimum atomic E-state index is 0.249. The maximum absolute atomic E-state index is 12.0. The first-order valence-electron chi connectivity index (χ1n) is 8.86. The molecule has 2 aromatic rings. The van der Waals surface area contributed by atoms with E-state index in [1.807, 2.05) is 55.1 Å². The lowest BCUT2D eigenvalue weighted by molar-refractivity contribution is -0.131. The maximum atomic E-state index is 12.0. The van der Waals surface area contributed by atoms with Crippen LogP contribution in [0.5, 0.6) is 0 Å². The molecule has 0 bridgehead atoms. The van der Waals surface area contributed by atoms with Gasteiger partial charge < -0.3 is 15.1 Å². The van der Waals surface area contributed by atoms with Crippen LogP contribution in [0.15, 0.2) is 36.4 Å².